The van der Waals surface area contributed by atoms with Crippen LogP contribution >= 0.6 is 15.9 Å². The Bertz CT molecular complexity index is 704. The van der Waals surface area contributed by atoms with E-state index >= 15 is 0 Å². The van der Waals surface area contributed by atoms with Gasteiger partial charge in [-0.05, 0) is 24.1 Å². The molecule has 1 aromatic heterocycles. The molecule has 0 spiro atoms. The topological polar surface area (TPSA) is 84.0 Å². The summed E-state index contributed by atoms with van der Waals surface area (Å²) in [5.41, 5.74) is 1.44. The van der Waals surface area contributed by atoms with Crippen LogP contribution in [0, 0.1) is 0 Å². The van der Waals surface area contributed by atoms with Crippen molar-refractivity contribution in [2.45, 2.75) is 13.3 Å². The quantitative estimate of drug-likeness (QED) is 0.818. The van der Waals surface area contributed by atoms with Crippen LogP contribution in [0.2, 0.25) is 0 Å². The van der Waals surface area contributed by atoms with Crippen LogP contribution in [-0.4, -0.2) is 24.9 Å². The minimum Gasteiger partial charge on any atom is -0.254 e. The van der Waals surface area contributed by atoms with Gasteiger partial charge in [0, 0.05) is 22.8 Å². The molecule has 0 fully saturated rings. The number of benzene rings is 1. The van der Waals surface area contributed by atoms with Crippen molar-refractivity contribution < 1.29 is 8.42 Å². The molecule has 8 heteroatoms. The summed E-state index contributed by atoms with van der Waals surface area (Å²) < 4.78 is 29.6. The molecule has 2 aromatic rings. The molecule has 0 unspecified atom stereocenters. The summed E-state index contributed by atoms with van der Waals surface area (Å²) in [6.07, 6.45) is 3.60. The van der Waals surface area contributed by atoms with Crippen molar-refractivity contribution in [2.24, 2.45) is 0 Å². The maximum Gasteiger partial charge on any atom is 0.300 e. The molecule has 0 aliphatic heterocycles. The summed E-state index contributed by atoms with van der Waals surface area (Å²) in [5, 5.41) is 0. The molecule has 0 bridgehead atoms. The first kappa shape index (κ1) is 15.9. The van der Waals surface area contributed by atoms with E-state index in [0.29, 0.717) is 18.5 Å². The van der Waals surface area contributed by atoms with Crippen LogP contribution in [0.15, 0.2) is 41.3 Å². The van der Waals surface area contributed by atoms with Gasteiger partial charge >= 0.3 is 0 Å². The van der Waals surface area contributed by atoms with Gasteiger partial charge in [0.05, 0.1) is 0 Å². The van der Waals surface area contributed by atoms with E-state index in [0.717, 1.165) is 10.0 Å². The van der Waals surface area contributed by atoms with Crippen molar-refractivity contribution >= 4 is 32.0 Å². The van der Waals surface area contributed by atoms with E-state index in [4.69, 9.17) is 0 Å². The number of hydrogen-bond acceptors (Lipinski definition) is 4. The molecule has 1 heterocycles. The molecule has 0 saturated heterocycles. The second-order valence-electron chi connectivity index (χ2n) is 4.29. The normalized spacial score (nSPS) is 11.3. The smallest absolute Gasteiger partial charge is 0.254 e. The number of aromatic nitrogens is 2. The zero-order valence-corrected chi connectivity index (χ0v) is 13.8. The van der Waals surface area contributed by atoms with Gasteiger partial charge in [0.1, 0.15) is 6.33 Å². The highest BCUT2D eigenvalue weighted by Gasteiger charge is 2.14. The minimum absolute atomic E-state index is 0.246. The summed E-state index contributed by atoms with van der Waals surface area (Å²) in [7, 11) is -3.63. The Balaban J connectivity index is 2.31. The zero-order valence-electron chi connectivity index (χ0n) is 11.4. The lowest BCUT2D eigenvalue weighted by molar-refractivity contribution is 0.586. The van der Waals surface area contributed by atoms with Crippen molar-refractivity contribution in [1.82, 2.24) is 14.7 Å². The molecule has 6 nitrogen and oxygen atoms in total. The molecule has 112 valence electrons. The molecule has 0 aliphatic carbocycles. The van der Waals surface area contributed by atoms with Crippen LogP contribution in [0.25, 0.3) is 11.1 Å². The van der Waals surface area contributed by atoms with E-state index in [-0.39, 0.29) is 5.82 Å². The van der Waals surface area contributed by atoms with E-state index in [1.807, 2.05) is 31.2 Å². The van der Waals surface area contributed by atoms with Gasteiger partial charge in [0.15, 0.2) is 5.82 Å². The third-order valence-electron chi connectivity index (χ3n) is 2.64. The predicted molar refractivity (Wildman–Crippen MR) is 86.0 cm³/mol. The molecule has 0 radical (unpaired) electrons. The van der Waals surface area contributed by atoms with E-state index in [9.17, 15) is 8.42 Å². The first-order valence-corrected chi connectivity index (χ1v) is 8.63. The highest BCUT2D eigenvalue weighted by atomic mass is 79.9. The van der Waals surface area contributed by atoms with Crippen molar-refractivity contribution in [3.05, 3.63) is 41.3 Å². The Morgan fingerprint density at radius 2 is 1.95 bits per heavy atom. The first-order chi connectivity index (χ1) is 10.0. The monoisotopic (exact) mass is 370 g/mol. The maximum absolute atomic E-state index is 11.9. The Kier molecular flexibility index (Phi) is 5.27. The standard InChI is InChI=1S/C13H15BrN4O2S/c1-2-7-17-21(19,20)18-13-12(8-15-9-16-13)10-3-5-11(14)6-4-10/h3-6,8-9,17H,2,7H2,1H3,(H,15,16,18). The van der Waals surface area contributed by atoms with Gasteiger partial charge in [0.2, 0.25) is 0 Å². The van der Waals surface area contributed by atoms with Crippen molar-refractivity contribution in [1.29, 1.82) is 0 Å². The molecule has 2 N–H and O–H groups in total. The summed E-state index contributed by atoms with van der Waals surface area (Å²) >= 11 is 3.36. The van der Waals surface area contributed by atoms with E-state index in [1.165, 1.54) is 6.33 Å². The number of hydrogen-bond donors (Lipinski definition) is 2. The van der Waals surface area contributed by atoms with Gasteiger partial charge in [-0.25, -0.2) is 9.97 Å². The summed E-state index contributed by atoms with van der Waals surface area (Å²) in [6.45, 7) is 2.26. The van der Waals surface area contributed by atoms with Crippen molar-refractivity contribution in [3.8, 4) is 11.1 Å². The Labute approximate surface area is 132 Å². The largest absolute Gasteiger partial charge is 0.300 e. The highest BCUT2D eigenvalue weighted by molar-refractivity contribution is 9.10. The average molecular weight is 371 g/mol. The fourth-order valence-corrected chi connectivity index (χ4v) is 2.88. The fraction of sp³-hybridized carbons (Fsp3) is 0.231. The molecule has 2 rings (SSSR count). The van der Waals surface area contributed by atoms with Crippen LogP contribution in [0.4, 0.5) is 5.82 Å². The zero-order chi connectivity index (χ0) is 15.3. The van der Waals surface area contributed by atoms with Crippen LogP contribution in [-0.2, 0) is 10.2 Å². The van der Waals surface area contributed by atoms with Crippen molar-refractivity contribution in [2.75, 3.05) is 11.3 Å². The Morgan fingerprint density at radius 1 is 1.24 bits per heavy atom. The third-order valence-corrected chi connectivity index (χ3v) is 4.22. The van der Waals surface area contributed by atoms with Gasteiger partial charge in [-0.15, -0.1) is 0 Å². The second kappa shape index (κ2) is 6.97. The van der Waals surface area contributed by atoms with Crippen LogP contribution in [0.5, 0.6) is 0 Å². The molecule has 0 amide bonds. The summed E-state index contributed by atoms with van der Waals surface area (Å²) in [6, 6.07) is 7.46. The van der Waals surface area contributed by atoms with Gasteiger partial charge < -0.3 is 0 Å². The molecule has 0 atom stereocenters. The molecule has 1 aromatic carbocycles. The second-order valence-corrected chi connectivity index (χ2v) is 6.71. The maximum atomic E-state index is 11.9. The van der Waals surface area contributed by atoms with E-state index in [2.05, 4.69) is 35.3 Å². The van der Waals surface area contributed by atoms with Gasteiger partial charge in [-0.2, -0.15) is 13.1 Å². The fourth-order valence-electron chi connectivity index (χ4n) is 1.65. The van der Waals surface area contributed by atoms with Gasteiger partial charge in [-0.3, -0.25) is 4.72 Å². The van der Waals surface area contributed by atoms with Crippen molar-refractivity contribution in [3.63, 3.8) is 0 Å². The number of nitrogens with one attached hydrogen (secondary N) is 2. The van der Waals surface area contributed by atoms with E-state index in [1.54, 1.807) is 6.20 Å². The molecule has 0 aliphatic rings. The summed E-state index contributed by atoms with van der Waals surface area (Å²) in [4.78, 5) is 7.98. The first-order valence-electron chi connectivity index (χ1n) is 6.35. The van der Waals surface area contributed by atoms with E-state index < -0.39 is 10.2 Å². The number of nitrogens with zero attached hydrogens (tertiary/aromatic N) is 2. The highest BCUT2D eigenvalue weighted by Crippen LogP contribution is 2.26. The van der Waals surface area contributed by atoms with Crippen LogP contribution in [0.3, 0.4) is 0 Å². The number of anilines is 1. The van der Waals surface area contributed by atoms with Crippen LogP contribution in [0.1, 0.15) is 13.3 Å². The lowest BCUT2D eigenvalue weighted by atomic mass is 10.1. The lowest BCUT2D eigenvalue weighted by Gasteiger charge is -2.11. The lowest BCUT2D eigenvalue weighted by Crippen LogP contribution is -2.31. The number of halogens is 1. The predicted octanol–water partition coefficient (Wildman–Crippen LogP) is 2.56. The Hall–Kier alpha value is -1.51. The van der Waals surface area contributed by atoms with Gasteiger partial charge in [-0.1, -0.05) is 35.0 Å². The molecular weight excluding hydrogens is 356 g/mol. The van der Waals surface area contributed by atoms with Crippen LogP contribution < -0.4 is 9.44 Å². The molecule has 0 saturated carbocycles. The molecular formula is C13H15BrN4O2S. The number of rotatable bonds is 6. The minimum atomic E-state index is -3.63. The SMILES string of the molecule is CCCNS(=O)(=O)Nc1ncncc1-c1ccc(Br)cc1. The summed E-state index contributed by atoms with van der Waals surface area (Å²) in [5.74, 6) is 0.246. The Morgan fingerprint density at radius 3 is 2.62 bits per heavy atom. The third kappa shape index (κ3) is 4.48. The average Bonchev–Trinajstić information content (AvgIpc) is 2.46. The molecule has 21 heavy (non-hydrogen) atoms. The van der Waals surface area contributed by atoms with Gasteiger partial charge in [0.25, 0.3) is 10.2 Å².